The van der Waals surface area contributed by atoms with Crippen LogP contribution < -0.4 is 0 Å². The Balaban J connectivity index is 4.75. The summed E-state index contributed by atoms with van der Waals surface area (Å²) in [5.74, 6) is 0. The summed E-state index contributed by atoms with van der Waals surface area (Å²) in [5.41, 5.74) is -0.600. The van der Waals surface area contributed by atoms with Crippen molar-refractivity contribution < 1.29 is 19.1 Å². The number of carbonyl (C=O) groups excluding carboxylic acids is 2. The fourth-order valence-electron chi connectivity index (χ4n) is 1.20. The van der Waals surface area contributed by atoms with E-state index >= 15 is 0 Å². The second-order valence-electron chi connectivity index (χ2n) is 4.56. The number of carbonyl (C=O) groups is 2. The highest BCUT2D eigenvalue weighted by atomic mass is 16.6. The second kappa shape index (κ2) is 7.06. The number of amides is 1. The lowest BCUT2D eigenvalue weighted by molar-refractivity contribution is -0.109. The van der Waals surface area contributed by atoms with Crippen LogP contribution in [0.4, 0.5) is 4.79 Å². The molecule has 0 N–H and O–H groups in total. The zero-order valence-electron chi connectivity index (χ0n) is 10.9. The number of methoxy groups -OCH3 is 1. The largest absolute Gasteiger partial charge is 0.444 e. The number of rotatable bonds is 6. The summed E-state index contributed by atoms with van der Waals surface area (Å²) in [6.45, 7) is 9.15. The summed E-state index contributed by atoms with van der Waals surface area (Å²) in [6.07, 6.45) is 1.65. The molecule has 0 rings (SSSR count). The molecule has 5 nitrogen and oxygen atoms in total. The Morgan fingerprint density at radius 1 is 1.47 bits per heavy atom. The minimum atomic E-state index is -0.600. The molecule has 0 aromatic rings. The van der Waals surface area contributed by atoms with E-state index < -0.39 is 11.7 Å². The third kappa shape index (κ3) is 6.06. The molecule has 0 aliphatic rings. The quantitative estimate of drug-likeness (QED) is 0.525. The van der Waals surface area contributed by atoms with Crippen LogP contribution >= 0.6 is 0 Å². The van der Waals surface area contributed by atoms with E-state index in [0.29, 0.717) is 6.29 Å². The fourth-order valence-corrected chi connectivity index (χ4v) is 1.20. The van der Waals surface area contributed by atoms with Gasteiger partial charge >= 0.3 is 6.09 Å². The Morgan fingerprint density at radius 3 is 2.41 bits per heavy atom. The monoisotopic (exact) mass is 243 g/mol. The van der Waals surface area contributed by atoms with Crippen molar-refractivity contribution >= 4 is 12.4 Å². The zero-order chi connectivity index (χ0) is 13.5. The standard InChI is InChI=1S/C12H21NO4/c1-6-10(9-16-5)13(7-8-14)11(15)17-12(2,3)4/h6,8,10H,1,7,9H2,2-5H3/t10-/m0/s1. The molecule has 0 fully saturated rings. The lowest BCUT2D eigenvalue weighted by atomic mass is 10.2. The zero-order valence-corrected chi connectivity index (χ0v) is 10.9. The van der Waals surface area contributed by atoms with Crippen LogP contribution in [0.25, 0.3) is 0 Å². The maximum absolute atomic E-state index is 11.9. The summed E-state index contributed by atoms with van der Waals surface area (Å²) in [6, 6.07) is -0.375. The molecule has 0 unspecified atom stereocenters. The van der Waals surface area contributed by atoms with Gasteiger partial charge < -0.3 is 14.3 Å². The highest BCUT2D eigenvalue weighted by molar-refractivity contribution is 5.72. The molecule has 0 bridgehead atoms. The van der Waals surface area contributed by atoms with Crippen LogP contribution in [-0.2, 0) is 14.3 Å². The molecule has 0 aromatic carbocycles. The summed E-state index contributed by atoms with van der Waals surface area (Å²) in [5, 5.41) is 0. The first-order chi connectivity index (χ1) is 7.85. The molecule has 1 atom stereocenters. The van der Waals surface area contributed by atoms with Crippen molar-refractivity contribution in [2.75, 3.05) is 20.3 Å². The van der Waals surface area contributed by atoms with Crippen LogP contribution in [0.15, 0.2) is 12.7 Å². The van der Waals surface area contributed by atoms with E-state index in [4.69, 9.17) is 9.47 Å². The SMILES string of the molecule is C=C[C@@H](COC)N(CC=O)C(=O)OC(C)(C)C. The third-order valence-electron chi connectivity index (χ3n) is 1.91. The number of ether oxygens (including phenoxy) is 2. The molecular weight excluding hydrogens is 222 g/mol. The minimum absolute atomic E-state index is 0.0467. The molecule has 98 valence electrons. The van der Waals surface area contributed by atoms with Crippen LogP contribution in [0.3, 0.4) is 0 Å². The first kappa shape index (κ1) is 15.6. The summed E-state index contributed by atoms with van der Waals surface area (Å²) >= 11 is 0. The number of nitrogens with zero attached hydrogens (tertiary/aromatic N) is 1. The van der Waals surface area contributed by atoms with Crippen molar-refractivity contribution in [3.63, 3.8) is 0 Å². The van der Waals surface area contributed by atoms with E-state index in [1.54, 1.807) is 26.8 Å². The van der Waals surface area contributed by atoms with Crippen LogP contribution in [-0.4, -0.2) is 49.2 Å². The highest BCUT2D eigenvalue weighted by Crippen LogP contribution is 2.12. The van der Waals surface area contributed by atoms with Crippen molar-refractivity contribution in [1.82, 2.24) is 4.90 Å². The van der Waals surface area contributed by atoms with Crippen molar-refractivity contribution in [2.45, 2.75) is 32.4 Å². The molecule has 5 heteroatoms. The van der Waals surface area contributed by atoms with Crippen molar-refractivity contribution in [2.24, 2.45) is 0 Å². The Kier molecular flexibility index (Phi) is 6.50. The van der Waals surface area contributed by atoms with Crippen LogP contribution in [0.1, 0.15) is 20.8 Å². The molecule has 0 aromatic heterocycles. The minimum Gasteiger partial charge on any atom is -0.444 e. The number of hydrogen-bond donors (Lipinski definition) is 0. The van der Waals surface area contributed by atoms with Crippen LogP contribution in [0.5, 0.6) is 0 Å². The van der Waals surface area contributed by atoms with Crippen molar-refractivity contribution in [3.05, 3.63) is 12.7 Å². The average Bonchev–Trinajstić information content (AvgIpc) is 2.20. The predicted octanol–water partition coefficient (Wildman–Crippen LogP) is 1.62. The van der Waals surface area contributed by atoms with Gasteiger partial charge in [-0.05, 0) is 20.8 Å². The maximum Gasteiger partial charge on any atom is 0.411 e. The lowest BCUT2D eigenvalue weighted by Crippen LogP contribution is -2.45. The average molecular weight is 243 g/mol. The van der Waals surface area contributed by atoms with E-state index in [0.717, 1.165) is 0 Å². The normalized spacial score (nSPS) is 12.7. The van der Waals surface area contributed by atoms with Gasteiger partial charge in [0.2, 0.25) is 0 Å². The van der Waals surface area contributed by atoms with Crippen LogP contribution in [0, 0.1) is 0 Å². The van der Waals surface area contributed by atoms with Gasteiger partial charge in [-0.2, -0.15) is 0 Å². The van der Waals surface area contributed by atoms with Gasteiger partial charge in [-0.15, -0.1) is 6.58 Å². The van der Waals surface area contributed by atoms with Crippen LogP contribution in [0.2, 0.25) is 0 Å². The highest BCUT2D eigenvalue weighted by Gasteiger charge is 2.26. The van der Waals surface area contributed by atoms with Gasteiger partial charge in [-0.25, -0.2) is 4.79 Å². The molecule has 0 spiro atoms. The van der Waals surface area contributed by atoms with Gasteiger partial charge in [0.15, 0.2) is 0 Å². The molecule has 1 amide bonds. The lowest BCUT2D eigenvalue weighted by Gasteiger charge is -2.30. The van der Waals surface area contributed by atoms with Gasteiger partial charge in [-0.1, -0.05) is 6.08 Å². The summed E-state index contributed by atoms with van der Waals surface area (Å²) in [4.78, 5) is 23.7. The van der Waals surface area contributed by atoms with Crippen molar-refractivity contribution in [3.8, 4) is 0 Å². The Bertz CT molecular complexity index is 270. The number of hydrogen-bond acceptors (Lipinski definition) is 4. The van der Waals surface area contributed by atoms with Gasteiger partial charge in [0.25, 0.3) is 0 Å². The third-order valence-corrected chi connectivity index (χ3v) is 1.91. The summed E-state index contributed by atoms with van der Waals surface area (Å²) in [7, 11) is 1.52. The smallest absolute Gasteiger partial charge is 0.411 e. The van der Waals surface area contributed by atoms with E-state index in [2.05, 4.69) is 6.58 Å². The topological polar surface area (TPSA) is 55.8 Å². The number of aldehydes is 1. The molecule has 0 saturated heterocycles. The molecule has 0 heterocycles. The van der Waals surface area contributed by atoms with Crippen molar-refractivity contribution in [1.29, 1.82) is 0 Å². The van der Waals surface area contributed by atoms with Gasteiger partial charge in [-0.3, -0.25) is 4.90 Å². The Labute approximate surface area is 102 Å². The first-order valence-electron chi connectivity index (χ1n) is 5.40. The van der Waals surface area contributed by atoms with Gasteiger partial charge in [0, 0.05) is 7.11 Å². The molecule has 0 saturated carbocycles. The predicted molar refractivity (Wildman–Crippen MR) is 64.9 cm³/mol. The fraction of sp³-hybridized carbons (Fsp3) is 0.667. The van der Waals surface area contributed by atoms with E-state index in [1.165, 1.54) is 12.0 Å². The van der Waals surface area contributed by atoms with Gasteiger partial charge in [0.1, 0.15) is 11.9 Å². The molecule has 0 radical (unpaired) electrons. The van der Waals surface area contributed by atoms with E-state index in [-0.39, 0.29) is 19.2 Å². The Hall–Kier alpha value is -1.36. The molecule has 0 aliphatic carbocycles. The van der Waals surface area contributed by atoms with E-state index in [9.17, 15) is 9.59 Å². The molecular formula is C12H21NO4. The summed E-state index contributed by atoms with van der Waals surface area (Å²) < 4.78 is 10.2. The van der Waals surface area contributed by atoms with E-state index in [1.807, 2.05) is 0 Å². The first-order valence-corrected chi connectivity index (χ1v) is 5.40. The van der Waals surface area contributed by atoms with Gasteiger partial charge in [0.05, 0.1) is 19.2 Å². The maximum atomic E-state index is 11.9. The Morgan fingerprint density at radius 2 is 2.06 bits per heavy atom. The molecule has 17 heavy (non-hydrogen) atoms. The second-order valence-corrected chi connectivity index (χ2v) is 4.56. The molecule has 0 aliphatic heterocycles.